The number of nitrogens with zero attached hydrogens (tertiary/aromatic N) is 3. The number of hydrogen-bond acceptors (Lipinski definition) is 3. The maximum Gasteiger partial charge on any atom is 0.222 e. The average Bonchev–Trinajstić information content (AvgIpc) is 3.47. The predicted octanol–water partition coefficient (Wildman–Crippen LogP) is 3.04. The quantitative estimate of drug-likeness (QED) is 0.812. The summed E-state index contributed by atoms with van der Waals surface area (Å²) in [5.41, 5.74) is 2.29. The van der Waals surface area contributed by atoms with Gasteiger partial charge in [-0.05, 0) is 68.8 Å². The Hall–Kier alpha value is -1.46. The molecule has 4 rings (SSSR count). The van der Waals surface area contributed by atoms with Crippen LogP contribution in [-0.4, -0.2) is 65.9 Å². The minimum absolute atomic E-state index is 0.0629. The Morgan fingerprint density at radius 2 is 2.00 bits per heavy atom. The highest BCUT2D eigenvalue weighted by molar-refractivity contribution is 5.76. The van der Waals surface area contributed by atoms with E-state index in [-0.39, 0.29) is 11.4 Å². The van der Waals surface area contributed by atoms with E-state index >= 15 is 0 Å². The van der Waals surface area contributed by atoms with Crippen molar-refractivity contribution in [2.45, 2.75) is 51.1 Å². The number of piperazine rings is 1. The van der Waals surface area contributed by atoms with Crippen molar-refractivity contribution in [3.8, 4) is 0 Å². The van der Waals surface area contributed by atoms with Gasteiger partial charge in [0.15, 0.2) is 0 Å². The molecule has 2 heterocycles. The molecule has 1 saturated carbocycles. The maximum atomic E-state index is 13.7. The highest BCUT2D eigenvalue weighted by atomic mass is 19.1. The molecule has 3 aliphatic rings. The van der Waals surface area contributed by atoms with Crippen molar-refractivity contribution in [3.63, 3.8) is 0 Å². The smallest absolute Gasteiger partial charge is 0.222 e. The Bertz CT molecular complexity index is 705. The summed E-state index contributed by atoms with van der Waals surface area (Å²) in [7, 11) is 2.21. The summed E-state index contributed by atoms with van der Waals surface area (Å²) in [6.07, 6.45) is 5.21. The molecule has 4 nitrogen and oxygen atoms in total. The molecule has 5 heteroatoms. The van der Waals surface area contributed by atoms with Crippen LogP contribution in [-0.2, 0) is 11.3 Å². The van der Waals surface area contributed by atoms with Crippen LogP contribution in [0.2, 0.25) is 0 Å². The van der Waals surface area contributed by atoms with Crippen LogP contribution in [0.3, 0.4) is 0 Å². The number of benzene rings is 1. The van der Waals surface area contributed by atoms with Gasteiger partial charge < -0.3 is 4.90 Å². The Kier molecular flexibility index (Phi) is 5.26. The molecule has 1 aromatic rings. The standard InChI is InChI=1S/C22H32FN3O/c1-17-3-6-20(23)13-19(17)15-25-12-11-24(2)22(16-25)8-7-21(27)26(10-9-22)14-18-4-5-18/h3,6,13,18H,4-5,7-12,14-16H2,1-2H3/t22-/m1/s1. The minimum atomic E-state index is -0.157. The average molecular weight is 374 g/mol. The van der Waals surface area contributed by atoms with E-state index in [1.54, 1.807) is 6.07 Å². The SMILES string of the molecule is Cc1ccc(F)cc1CN1CCN(C)[C@@]2(CCC(=O)N(CC3CC3)CC2)C1. The molecule has 27 heavy (non-hydrogen) atoms. The molecule has 148 valence electrons. The lowest BCUT2D eigenvalue weighted by Crippen LogP contribution is -2.60. The number of carbonyl (C=O) groups is 1. The molecular formula is C22H32FN3O. The van der Waals surface area contributed by atoms with Crippen LogP contribution in [0.15, 0.2) is 18.2 Å². The van der Waals surface area contributed by atoms with Crippen molar-refractivity contribution in [1.29, 1.82) is 0 Å². The zero-order valence-corrected chi connectivity index (χ0v) is 16.7. The molecule has 2 saturated heterocycles. The van der Waals surface area contributed by atoms with Crippen LogP contribution >= 0.6 is 0 Å². The van der Waals surface area contributed by atoms with Crippen molar-refractivity contribution in [1.82, 2.24) is 14.7 Å². The van der Waals surface area contributed by atoms with Gasteiger partial charge in [0.1, 0.15) is 5.82 Å². The van der Waals surface area contributed by atoms with Crippen molar-refractivity contribution in [2.75, 3.05) is 39.8 Å². The third-order valence-electron chi connectivity index (χ3n) is 6.96. The van der Waals surface area contributed by atoms with Gasteiger partial charge >= 0.3 is 0 Å². The van der Waals surface area contributed by atoms with Crippen LogP contribution in [0.1, 0.15) is 43.2 Å². The Morgan fingerprint density at radius 3 is 2.78 bits per heavy atom. The van der Waals surface area contributed by atoms with Crippen molar-refractivity contribution in [2.24, 2.45) is 5.92 Å². The minimum Gasteiger partial charge on any atom is -0.342 e. The molecule has 1 aromatic carbocycles. The molecule has 1 spiro atoms. The fourth-order valence-electron chi connectivity index (χ4n) is 4.77. The summed E-state index contributed by atoms with van der Waals surface area (Å²) in [5.74, 6) is 0.931. The third kappa shape index (κ3) is 4.19. The zero-order valence-electron chi connectivity index (χ0n) is 16.7. The Morgan fingerprint density at radius 1 is 1.19 bits per heavy atom. The second kappa shape index (κ2) is 7.51. The van der Waals surface area contributed by atoms with Crippen LogP contribution in [0.5, 0.6) is 0 Å². The largest absolute Gasteiger partial charge is 0.342 e. The molecular weight excluding hydrogens is 341 g/mol. The maximum absolute atomic E-state index is 13.7. The normalized spacial score (nSPS) is 28.0. The summed E-state index contributed by atoms with van der Waals surface area (Å²) in [5, 5.41) is 0. The van der Waals surface area contributed by atoms with E-state index in [4.69, 9.17) is 0 Å². The number of halogens is 1. The first kappa shape index (κ1) is 18.9. The molecule has 1 aliphatic carbocycles. The first-order chi connectivity index (χ1) is 12.9. The van der Waals surface area contributed by atoms with E-state index < -0.39 is 0 Å². The lowest BCUT2D eigenvalue weighted by molar-refractivity contribution is -0.131. The predicted molar refractivity (Wildman–Crippen MR) is 105 cm³/mol. The van der Waals surface area contributed by atoms with Crippen molar-refractivity contribution >= 4 is 5.91 Å². The van der Waals surface area contributed by atoms with Gasteiger partial charge in [0.05, 0.1) is 0 Å². The number of likely N-dealkylation sites (N-methyl/N-ethyl adjacent to an activating group) is 1. The van der Waals surface area contributed by atoms with E-state index in [9.17, 15) is 9.18 Å². The van der Waals surface area contributed by atoms with E-state index in [0.717, 1.165) is 69.2 Å². The Balaban J connectivity index is 1.46. The van der Waals surface area contributed by atoms with Gasteiger partial charge in [-0.3, -0.25) is 14.6 Å². The van der Waals surface area contributed by atoms with Crippen LogP contribution in [0, 0.1) is 18.7 Å². The van der Waals surface area contributed by atoms with Gasteiger partial charge in [-0.1, -0.05) is 6.07 Å². The fourth-order valence-corrected chi connectivity index (χ4v) is 4.77. The second-order valence-electron chi connectivity index (χ2n) is 8.96. The first-order valence-electron chi connectivity index (χ1n) is 10.4. The number of amides is 1. The molecule has 0 unspecified atom stereocenters. The van der Waals surface area contributed by atoms with E-state index in [0.29, 0.717) is 12.3 Å². The van der Waals surface area contributed by atoms with Gasteiger partial charge in [-0.25, -0.2) is 4.39 Å². The summed E-state index contributed by atoms with van der Waals surface area (Å²) >= 11 is 0. The van der Waals surface area contributed by atoms with Crippen molar-refractivity contribution in [3.05, 3.63) is 35.1 Å². The number of rotatable bonds is 4. The highest BCUT2D eigenvalue weighted by Crippen LogP contribution is 2.35. The summed E-state index contributed by atoms with van der Waals surface area (Å²) < 4.78 is 13.7. The lowest BCUT2D eigenvalue weighted by Gasteiger charge is -2.49. The Labute approximate surface area is 162 Å². The highest BCUT2D eigenvalue weighted by Gasteiger charge is 2.42. The van der Waals surface area contributed by atoms with Gasteiger partial charge in [-0.15, -0.1) is 0 Å². The van der Waals surface area contributed by atoms with Crippen LogP contribution in [0.4, 0.5) is 4.39 Å². The third-order valence-corrected chi connectivity index (χ3v) is 6.96. The summed E-state index contributed by atoms with van der Waals surface area (Å²) in [6.45, 7) is 7.65. The van der Waals surface area contributed by atoms with E-state index in [2.05, 4.69) is 28.7 Å². The van der Waals surface area contributed by atoms with E-state index in [1.165, 1.54) is 18.9 Å². The number of likely N-dealkylation sites (tertiary alicyclic amines) is 1. The van der Waals surface area contributed by atoms with E-state index in [1.807, 2.05) is 6.07 Å². The van der Waals surface area contributed by atoms with Gasteiger partial charge in [0, 0.05) is 51.2 Å². The molecule has 1 amide bonds. The number of hydrogen-bond donors (Lipinski definition) is 0. The molecule has 0 bridgehead atoms. The van der Waals surface area contributed by atoms with Gasteiger partial charge in [0.25, 0.3) is 0 Å². The van der Waals surface area contributed by atoms with Crippen molar-refractivity contribution < 1.29 is 9.18 Å². The molecule has 0 aromatic heterocycles. The topological polar surface area (TPSA) is 26.8 Å². The second-order valence-corrected chi connectivity index (χ2v) is 8.96. The monoisotopic (exact) mass is 373 g/mol. The zero-order chi connectivity index (χ0) is 19.0. The van der Waals surface area contributed by atoms with Crippen LogP contribution < -0.4 is 0 Å². The molecule has 2 aliphatic heterocycles. The lowest BCUT2D eigenvalue weighted by atomic mass is 9.86. The number of carbonyl (C=O) groups excluding carboxylic acids is 1. The molecule has 0 N–H and O–H groups in total. The first-order valence-corrected chi connectivity index (χ1v) is 10.4. The molecule has 0 radical (unpaired) electrons. The van der Waals surface area contributed by atoms with Gasteiger partial charge in [-0.2, -0.15) is 0 Å². The molecule has 1 atom stereocenters. The van der Waals surface area contributed by atoms with Crippen LogP contribution in [0.25, 0.3) is 0 Å². The van der Waals surface area contributed by atoms with Gasteiger partial charge in [0.2, 0.25) is 5.91 Å². The molecule has 3 fully saturated rings. The fraction of sp³-hybridized carbons (Fsp3) is 0.682. The number of aryl methyl sites for hydroxylation is 1. The summed E-state index contributed by atoms with van der Waals surface area (Å²) in [6, 6.07) is 5.08. The summed E-state index contributed by atoms with van der Waals surface area (Å²) in [4.78, 5) is 19.7.